The lowest BCUT2D eigenvalue weighted by atomic mass is 9.86. The van der Waals surface area contributed by atoms with E-state index in [4.69, 9.17) is 5.73 Å². The van der Waals surface area contributed by atoms with Crippen LogP contribution in [0.2, 0.25) is 0 Å². The first-order valence-electron chi connectivity index (χ1n) is 3.93. The van der Waals surface area contributed by atoms with Gasteiger partial charge >= 0.3 is 5.97 Å². The van der Waals surface area contributed by atoms with Crippen LogP contribution in [0.5, 0.6) is 0 Å². The third-order valence-electron chi connectivity index (χ3n) is 1.84. The molecule has 0 aliphatic carbocycles. The summed E-state index contributed by atoms with van der Waals surface area (Å²) in [5, 5.41) is 0. The zero-order valence-corrected chi connectivity index (χ0v) is 8.01. The molecule has 0 aliphatic rings. The van der Waals surface area contributed by atoms with E-state index in [1.54, 1.807) is 0 Å². The lowest BCUT2D eigenvalue weighted by Crippen LogP contribution is -2.38. The highest BCUT2D eigenvalue weighted by Crippen LogP contribution is 2.29. The zero-order valence-electron chi connectivity index (χ0n) is 8.01. The average Bonchev–Trinajstić information content (AvgIpc) is 2.01. The second-order valence-electron chi connectivity index (χ2n) is 3.62. The first-order valence-corrected chi connectivity index (χ1v) is 3.93. The predicted molar refractivity (Wildman–Crippen MR) is 44.4 cm³/mol. The number of halogens is 2. The molecule has 0 heterocycles. The number of rotatable bonds is 4. The van der Waals surface area contributed by atoms with Gasteiger partial charge in [0.1, 0.15) is 6.04 Å². The second kappa shape index (κ2) is 4.50. The Morgan fingerprint density at radius 2 is 2.00 bits per heavy atom. The van der Waals surface area contributed by atoms with Crippen LogP contribution in [0.15, 0.2) is 0 Å². The zero-order chi connectivity index (χ0) is 10.6. The SMILES string of the molecule is COC(=O)[C@@H](N)CC(C)(C)C(F)F. The molecule has 13 heavy (non-hydrogen) atoms. The molecule has 0 spiro atoms. The van der Waals surface area contributed by atoms with Crippen LogP contribution >= 0.6 is 0 Å². The number of alkyl halides is 2. The fourth-order valence-corrected chi connectivity index (χ4v) is 0.891. The molecule has 0 aromatic rings. The van der Waals surface area contributed by atoms with Crippen molar-refractivity contribution in [3.8, 4) is 0 Å². The van der Waals surface area contributed by atoms with Crippen LogP contribution in [0.25, 0.3) is 0 Å². The van der Waals surface area contributed by atoms with Gasteiger partial charge < -0.3 is 10.5 Å². The van der Waals surface area contributed by atoms with Crippen LogP contribution in [0, 0.1) is 5.41 Å². The molecule has 1 atom stereocenters. The number of hydrogen-bond acceptors (Lipinski definition) is 3. The quantitative estimate of drug-likeness (QED) is 0.685. The Bertz CT molecular complexity index is 183. The van der Waals surface area contributed by atoms with E-state index in [1.807, 2.05) is 0 Å². The third-order valence-corrected chi connectivity index (χ3v) is 1.84. The molecule has 78 valence electrons. The summed E-state index contributed by atoms with van der Waals surface area (Å²) >= 11 is 0. The van der Waals surface area contributed by atoms with E-state index in [1.165, 1.54) is 21.0 Å². The van der Waals surface area contributed by atoms with Crippen molar-refractivity contribution in [1.29, 1.82) is 0 Å². The van der Waals surface area contributed by atoms with E-state index in [2.05, 4.69) is 4.74 Å². The Hall–Kier alpha value is -0.710. The van der Waals surface area contributed by atoms with Crippen molar-refractivity contribution in [3.05, 3.63) is 0 Å². The van der Waals surface area contributed by atoms with Gasteiger partial charge in [0, 0.05) is 5.41 Å². The first-order chi connectivity index (χ1) is 5.81. The Morgan fingerprint density at radius 1 is 1.54 bits per heavy atom. The molecule has 3 nitrogen and oxygen atoms in total. The summed E-state index contributed by atoms with van der Waals surface area (Å²) in [4.78, 5) is 10.8. The highest BCUT2D eigenvalue weighted by atomic mass is 19.3. The average molecular weight is 195 g/mol. The van der Waals surface area contributed by atoms with E-state index in [9.17, 15) is 13.6 Å². The molecule has 0 bridgehead atoms. The summed E-state index contributed by atoms with van der Waals surface area (Å²) in [5.41, 5.74) is 4.09. The van der Waals surface area contributed by atoms with Crippen molar-refractivity contribution >= 4 is 5.97 Å². The summed E-state index contributed by atoms with van der Waals surface area (Å²) < 4.78 is 29.0. The van der Waals surface area contributed by atoms with Crippen LogP contribution in [0.3, 0.4) is 0 Å². The lowest BCUT2D eigenvalue weighted by molar-refractivity contribution is -0.143. The van der Waals surface area contributed by atoms with Gasteiger partial charge in [0.05, 0.1) is 7.11 Å². The van der Waals surface area contributed by atoms with E-state index >= 15 is 0 Å². The molecule has 2 N–H and O–H groups in total. The summed E-state index contributed by atoms with van der Waals surface area (Å²) in [6.07, 6.45) is -2.58. The largest absolute Gasteiger partial charge is 0.468 e. The number of carbonyl (C=O) groups is 1. The van der Waals surface area contributed by atoms with Gasteiger partial charge in [-0.3, -0.25) is 4.79 Å². The fraction of sp³-hybridized carbons (Fsp3) is 0.875. The van der Waals surface area contributed by atoms with E-state index in [-0.39, 0.29) is 6.42 Å². The second-order valence-corrected chi connectivity index (χ2v) is 3.62. The minimum absolute atomic E-state index is 0.0860. The topological polar surface area (TPSA) is 52.3 Å². The van der Waals surface area contributed by atoms with Crippen molar-refractivity contribution in [1.82, 2.24) is 0 Å². The van der Waals surface area contributed by atoms with Gasteiger partial charge in [-0.15, -0.1) is 0 Å². The van der Waals surface area contributed by atoms with Gasteiger partial charge in [0.2, 0.25) is 6.43 Å². The van der Waals surface area contributed by atoms with E-state index in [0.29, 0.717) is 0 Å². The minimum atomic E-state index is -2.50. The maximum Gasteiger partial charge on any atom is 0.322 e. The monoisotopic (exact) mass is 195 g/mol. The van der Waals surface area contributed by atoms with Gasteiger partial charge in [-0.1, -0.05) is 13.8 Å². The molecule has 5 heteroatoms. The van der Waals surface area contributed by atoms with Crippen LogP contribution < -0.4 is 5.73 Å². The van der Waals surface area contributed by atoms with Crippen molar-refractivity contribution in [2.24, 2.45) is 11.1 Å². The highest BCUT2D eigenvalue weighted by molar-refractivity contribution is 5.75. The molecule has 0 saturated carbocycles. The van der Waals surface area contributed by atoms with Crippen molar-refractivity contribution in [2.45, 2.75) is 32.7 Å². The first kappa shape index (κ1) is 12.3. The molecule has 0 radical (unpaired) electrons. The number of carbonyl (C=O) groups excluding carboxylic acids is 1. The van der Waals surface area contributed by atoms with Gasteiger partial charge in [-0.25, -0.2) is 8.78 Å². The molecule has 0 saturated heterocycles. The molecular weight excluding hydrogens is 180 g/mol. The Labute approximate surface area is 76.2 Å². The fourth-order valence-electron chi connectivity index (χ4n) is 0.891. The van der Waals surface area contributed by atoms with Gasteiger partial charge in [0.15, 0.2) is 0 Å². The number of nitrogens with two attached hydrogens (primary N) is 1. The van der Waals surface area contributed by atoms with Crippen molar-refractivity contribution in [3.63, 3.8) is 0 Å². The molecule has 0 aromatic heterocycles. The molecule has 0 amide bonds. The molecule has 0 aromatic carbocycles. The summed E-state index contributed by atoms with van der Waals surface area (Å²) in [6.45, 7) is 2.72. The molecule has 0 rings (SSSR count). The molecular formula is C8H15F2NO2. The smallest absolute Gasteiger partial charge is 0.322 e. The number of esters is 1. The third kappa shape index (κ3) is 3.67. The Kier molecular flexibility index (Phi) is 4.26. The van der Waals surface area contributed by atoms with Crippen LogP contribution in [-0.4, -0.2) is 25.5 Å². The lowest BCUT2D eigenvalue weighted by Gasteiger charge is -2.25. The predicted octanol–water partition coefficient (Wildman–Crippen LogP) is 1.17. The van der Waals surface area contributed by atoms with Gasteiger partial charge in [0.25, 0.3) is 0 Å². The maximum atomic E-state index is 12.3. The van der Waals surface area contributed by atoms with E-state index < -0.39 is 23.9 Å². The number of ether oxygens (including phenoxy) is 1. The summed E-state index contributed by atoms with van der Waals surface area (Å²) in [6, 6.07) is -0.978. The van der Waals surface area contributed by atoms with E-state index in [0.717, 1.165) is 0 Å². The van der Waals surface area contributed by atoms with Gasteiger partial charge in [-0.2, -0.15) is 0 Å². The number of methoxy groups -OCH3 is 1. The van der Waals surface area contributed by atoms with Crippen molar-refractivity contribution in [2.75, 3.05) is 7.11 Å². The molecule has 0 fully saturated rings. The van der Waals surface area contributed by atoms with Gasteiger partial charge in [-0.05, 0) is 6.42 Å². The number of hydrogen-bond donors (Lipinski definition) is 1. The standard InChI is InChI=1S/C8H15F2NO2/c1-8(2,7(9)10)4-5(11)6(12)13-3/h5,7H,4,11H2,1-3H3/t5-/m0/s1. The summed E-state index contributed by atoms with van der Waals surface area (Å²) in [7, 11) is 1.18. The van der Waals surface area contributed by atoms with Crippen LogP contribution in [-0.2, 0) is 9.53 Å². The van der Waals surface area contributed by atoms with Crippen molar-refractivity contribution < 1.29 is 18.3 Å². The maximum absolute atomic E-state index is 12.3. The summed E-state index contributed by atoms with van der Waals surface area (Å²) in [5.74, 6) is -0.659. The normalized spacial score (nSPS) is 14.4. The highest BCUT2D eigenvalue weighted by Gasteiger charge is 2.33. The molecule has 0 aliphatic heterocycles. The Balaban J connectivity index is 4.19. The Morgan fingerprint density at radius 3 is 2.31 bits per heavy atom. The minimum Gasteiger partial charge on any atom is -0.468 e. The van der Waals surface area contributed by atoms with Crippen LogP contribution in [0.1, 0.15) is 20.3 Å². The molecule has 0 unspecified atom stereocenters. The van der Waals surface area contributed by atoms with Crippen LogP contribution in [0.4, 0.5) is 8.78 Å².